The van der Waals surface area contributed by atoms with E-state index in [-0.39, 0.29) is 6.61 Å². The molecule has 5 heteroatoms. The number of tetrazole rings is 1. The fourth-order valence-corrected chi connectivity index (χ4v) is 1.70. The van der Waals surface area contributed by atoms with Crippen LogP contribution in [0.4, 0.5) is 0 Å². The highest BCUT2D eigenvalue weighted by molar-refractivity contribution is 5.25. The van der Waals surface area contributed by atoms with E-state index >= 15 is 0 Å². The van der Waals surface area contributed by atoms with Crippen LogP contribution in [-0.4, -0.2) is 31.9 Å². The van der Waals surface area contributed by atoms with Crippen LogP contribution in [0.3, 0.4) is 0 Å². The first-order chi connectivity index (χ1) is 8.29. The first-order valence-electron chi connectivity index (χ1n) is 5.71. The highest BCUT2D eigenvalue weighted by Gasteiger charge is 2.04. The summed E-state index contributed by atoms with van der Waals surface area (Å²) in [6.45, 7) is 2.54. The SMILES string of the molecule is Cc1ccccc1CCc1nnn(CCO)n1. The van der Waals surface area contributed by atoms with Crippen LogP contribution in [0.2, 0.25) is 0 Å². The molecule has 2 aromatic rings. The Kier molecular flexibility index (Phi) is 3.82. The number of rotatable bonds is 5. The lowest BCUT2D eigenvalue weighted by Crippen LogP contribution is -2.06. The van der Waals surface area contributed by atoms with Crippen molar-refractivity contribution in [1.29, 1.82) is 0 Å². The third kappa shape index (κ3) is 3.10. The van der Waals surface area contributed by atoms with Crippen molar-refractivity contribution >= 4 is 0 Å². The van der Waals surface area contributed by atoms with Gasteiger partial charge in [-0.2, -0.15) is 4.80 Å². The number of aryl methyl sites for hydroxylation is 3. The van der Waals surface area contributed by atoms with Gasteiger partial charge in [0.15, 0.2) is 5.82 Å². The number of aliphatic hydroxyl groups is 1. The van der Waals surface area contributed by atoms with Crippen molar-refractivity contribution in [2.24, 2.45) is 0 Å². The van der Waals surface area contributed by atoms with Crippen molar-refractivity contribution in [3.63, 3.8) is 0 Å². The van der Waals surface area contributed by atoms with Gasteiger partial charge in [0.2, 0.25) is 0 Å². The van der Waals surface area contributed by atoms with E-state index in [2.05, 4.69) is 34.5 Å². The first-order valence-corrected chi connectivity index (χ1v) is 5.71. The van der Waals surface area contributed by atoms with Crippen LogP contribution in [-0.2, 0) is 19.4 Å². The molecule has 1 aromatic carbocycles. The first kappa shape index (κ1) is 11.7. The lowest BCUT2D eigenvalue weighted by molar-refractivity contribution is 0.259. The largest absolute Gasteiger partial charge is 0.394 e. The molecule has 0 aliphatic carbocycles. The zero-order chi connectivity index (χ0) is 12.1. The third-order valence-electron chi connectivity index (χ3n) is 2.67. The van der Waals surface area contributed by atoms with Crippen molar-refractivity contribution in [2.75, 3.05) is 6.61 Å². The van der Waals surface area contributed by atoms with Crippen LogP contribution >= 0.6 is 0 Å². The molecule has 2 rings (SSSR count). The molecule has 0 bridgehead atoms. The molecule has 0 spiro atoms. The molecule has 0 unspecified atom stereocenters. The maximum atomic E-state index is 8.74. The van der Waals surface area contributed by atoms with Gasteiger partial charge in [0, 0.05) is 6.42 Å². The van der Waals surface area contributed by atoms with Gasteiger partial charge in [-0.05, 0) is 29.7 Å². The molecular weight excluding hydrogens is 216 g/mol. The molecule has 0 fully saturated rings. The summed E-state index contributed by atoms with van der Waals surface area (Å²) in [7, 11) is 0. The van der Waals surface area contributed by atoms with Gasteiger partial charge in [-0.1, -0.05) is 24.3 Å². The van der Waals surface area contributed by atoms with Gasteiger partial charge in [0.1, 0.15) is 0 Å². The third-order valence-corrected chi connectivity index (χ3v) is 2.67. The molecule has 0 atom stereocenters. The number of hydrogen-bond donors (Lipinski definition) is 1. The van der Waals surface area contributed by atoms with Gasteiger partial charge in [-0.3, -0.25) is 0 Å². The van der Waals surface area contributed by atoms with Gasteiger partial charge < -0.3 is 5.11 Å². The Labute approximate surface area is 100 Å². The minimum absolute atomic E-state index is 0.0353. The van der Waals surface area contributed by atoms with Crippen LogP contribution in [0.5, 0.6) is 0 Å². The standard InChI is InChI=1S/C12H16N4O/c1-10-4-2-3-5-11(10)6-7-12-13-15-16(14-12)8-9-17/h2-5,17H,6-9H2,1H3. The van der Waals surface area contributed by atoms with E-state index < -0.39 is 0 Å². The molecule has 5 nitrogen and oxygen atoms in total. The Morgan fingerprint density at radius 3 is 2.82 bits per heavy atom. The minimum atomic E-state index is 0.0353. The van der Waals surface area contributed by atoms with Crippen molar-refractivity contribution in [3.8, 4) is 0 Å². The summed E-state index contributed by atoms with van der Waals surface area (Å²) < 4.78 is 0. The second kappa shape index (κ2) is 5.54. The highest BCUT2D eigenvalue weighted by atomic mass is 16.3. The monoisotopic (exact) mass is 232 g/mol. The summed E-state index contributed by atoms with van der Waals surface area (Å²) in [6.07, 6.45) is 1.69. The molecule has 1 heterocycles. The zero-order valence-corrected chi connectivity index (χ0v) is 9.87. The lowest BCUT2D eigenvalue weighted by atomic mass is 10.0. The molecule has 0 aliphatic rings. The predicted molar refractivity (Wildman–Crippen MR) is 63.5 cm³/mol. The Bertz CT molecular complexity index is 481. The van der Waals surface area contributed by atoms with Crippen LogP contribution in [0.15, 0.2) is 24.3 Å². The summed E-state index contributed by atoms with van der Waals surface area (Å²) in [5.41, 5.74) is 2.60. The van der Waals surface area contributed by atoms with E-state index in [1.54, 1.807) is 0 Å². The van der Waals surface area contributed by atoms with Gasteiger partial charge in [-0.15, -0.1) is 10.2 Å². The van der Waals surface area contributed by atoms with E-state index in [0.29, 0.717) is 6.54 Å². The molecular formula is C12H16N4O. The predicted octanol–water partition coefficient (Wildman–Crippen LogP) is 0.759. The molecule has 90 valence electrons. The maximum Gasteiger partial charge on any atom is 0.175 e. The fourth-order valence-electron chi connectivity index (χ4n) is 1.70. The van der Waals surface area contributed by atoms with Crippen LogP contribution in [0.25, 0.3) is 0 Å². The van der Waals surface area contributed by atoms with Crippen LogP contribution < -0.4 is 0 Å². The molecule has 0 saturated carbocycles. The average molecular weight is 232 g/mol. The van der Waals surface area contributed by atoms with Gasteiger partial charge in [0.05, 0.1) is 13.2 Å². The fraction of sp³-hybridized carbons (Fsp3) is 0.417. The number of benzene rings is 1. The highest BCUT2D eigenvalue weighted by Crippen LogP contribution is 2.09. The van der Waals surface area contributed by atoms with Gasteiger partial charge >= 0.3 is 0 Å². The van der Waals surface area contributed by atoms with Crippen molar-refractivity contribution in [1.82, 2.24) is 20.2 Å². The molecule has 0 amide bonds. The van der Waals surface area contributed by atoms with Crippen molar-refractivity contribution < 1.29 is 5.11 Å². The quantitative estimate of drug-likeness (QED) is 0.826. The summed E-state index contributed by atoms with van der Waals surface area (Å²) in [6, 6.07) is 8.30. The summed E-state index contributed by atoms with van der Waals surface area (Å²) >= 11 is 0. The van der Waals surface area contributed by atoms with E-state index in [1.165, 1.54) is 15.9 Å². The summed E-state index contributed by atoms with van der Waals surface area (Å²) in [5, 5.41) is 20.7. The Morgan fingerprint density at radius 1 is 1.24 bits per heavy atom. The Hall–Kier alpha value is -1.75. The summed E-state index contributed by atoms with van der Waals surface area (Å²) in [5.74, 6) is 0.724. The smallest absolute Gasteiger partial charge is 0.175 e. The van der Waals surface area contributed by atoms with E-state index in [4.69, 9.17) is 5.11 Å². The normalized spacial score (nSPS) is 10.7. The Balaban J connectivity index is 1.95. The minimum Gasteiger partial charge on any atom is -0.394 e. The second-order valence-corrected chi connectivity index (χ2v) is 3.95. The second-order valence-electron chi connectivity index (χ2n) is 3.95. The topological polar surface area (TPSA) is 63.8 Å². The number of nitrogens with zero attached hydrogens (tertiary/aromatic N) is 4. The lowest BCUT2D eigenvalue weighted by Gasteiger charge is -2.02. The summed E-state index contributed by atoms with van der Waals surface area (Å²) in [4.78, 5) is 1.42. The molecule has 1 aromatic heterocycles. The molecule has 1 N–H and O–H groups in total. The number of hydrogen-bond acceptors (Lipinski definition) is 4. The van der Waals surface area contributed by atoms with Gasteiger partial charge in [-0.25, -0.2) is 0 Å². The number of aromatic nitrogens is 4. The molecule has 0 saturated heterocycles. The van der Waals surface area contributed by atoms with Crippen LogP contribution in [0.1, 0.15) is 17.0 Å². The van der Waals surface area contributed by atoms with E-state index in [0.717, 1.165) is 18.7 Å². The van der Waals surface area contributed by atoms with Crippen molar-refractivity contribution in [2.45, 2.75) is 26.3 Å². The van der Waals surface area contributed by atoms with Crippen molar-refractivity contribution in [3.05, 3.63) is 41.2 Å². The average Bonchev–Trinajstić information content (AvgIpc) is 2.76. The van der Waals surface area contributed by atoms with Gasteiger partial charge in [0.25, 0.3) is 0 Å². The molecule has 0 aliphatic heterocycles. The zero-order valence-electron chi connectivity index (χ0n) is 9.87. The van der Waals surface area contributed by atoms with E-state index in [1.807, 2.05) is 12.1 Å². The van der Waals surface area contributed by atoms with E-state index in [9.17, 15) is 0 Å². The molecule has 17 heavy (non-hydrogen) atoms. The maximum absolute atomic E-state index is 8.74. The number of aliphatic hydroxyl groups excluding tert-OH is 1. The van der Waals surface area contributed by atoms with Crippen LogP contribution in [0, 0.1) is 6.92 Å². The Morgan fingerprint density at radius 2 is 2.06 bits per heavy atom. The molecule has 0 radical (unpaired) electrons.